The van der Waals surface area contributed by atoms with Crippen LogP contribution in [0.3, 0.4) is 0 Å². The molecule has 0 bridgehead atoms. The van der Waals surface area contributed by atoms with Gasteiger partial charge < -0.3 is 24.3 Å². The molecule has 2 unspecified atom stereocenters. The summed E-state index contributed by atoms with van der Waals surface area (Å²) in [5, 5.41) is 3.29. The first kappa shape index (κ1) is 22.9. The Balaban J connectivity index is 1.42. The van der Waals surface area contributed by atoms with Gasteiger partial charge in [-0.3, -0.25) is 9.78 Å². The lowest BCUT2D eigenvalue weighted by molar-refractivity contribution is -0.0589. The zero-order valence-electron chi connectivity index (χ0n) is 18.3. The van der Waals surface area contributed by atoms with E-state index in [9.17, 15) is 4.79 Å². The molecule has 1 N–H and O–H groups in total. The zero-order valence-corrected chi connectivity index (χ0v) is 19.9. The van der Waals surface area contributed by atoms with E-state index < -0.39 is 5.60 Å². The molecule has 0 radical (unpaired) electrons. The molecule has 9 heteroatoms. The number of carbonyl (C=O) groups excluding carboxylic acids is 1. The number of methoxy groups -OCH3 is 1. The number of fused-ring (bicyclic) bond motifs is 1. The van der Waals surface area contributed by atoms with Crippen LogP contribution in [0.25, 0.3) is 0 Å². The van der Waals surface area contributed by atoms with Crippen LogP contribution in [0.5, 0.6) is 11.5 Å². The Bertz CT molecular complexity index is 1200. The summed E-state index contributed by atoms with van der Waals surface area (Å²) in [4.78, 5) is 17.2. The average Bonchev–Trinajstić information content (AvgIpc) is 3.43. The molecule has 1 saturated heterocycles. The predicted octanol–water partition coefficient (Wildman–Crippen LogP) is 4.94. The number of anilines is 1. The second kappa shape index (κ2) is 9.43. The normalized spacial score (nSPS) is 20.7. The van der Waals surface area contributed by atoms with Crippen molar-refractivity contribution in [2.45, 2.75) is 24.7 Å². The lowest BCUT2D eigenvalue weighted by Gasteiger charge is -2.28. The predicted molar refractivity (Wildman–Crippen MR) is 128 cm³/mol. The standard InChI is InChI=1S/C25H22Cl2N2O5/c1-31-20-8-7-16(24(30)29-22-18(26)10-28-11-19(22)27)17-9-25(34-23(17)20)14-32-13-21(25)33-12-15-5-3-2-4-6-15/h2-8,10-11,21H,9,12-14H2,1H3,(H,28,29,30). The van der Waals surface area contributed by atoms with E-state index >= 15 is 0 Å². The fourth-order valence-electron chi connectivity index (χ4n) is 4.33. The minimum Gasteiger partial charge on any atom is -0.493 e. The highest BCUT2D eigenvalue weighted by molar-refractivity contribution is 6.39. The summed E-state index contributed by atoms with van der Waals surface area (Å²) >= 11 is 12.4. The van der Waals surface area contributed by atoms with E-state index in [1.807, 2.05) is 30.3 Å². The number of aromatic nitrogens is 1. The molecule has 3 heterocycles. The molecule has 1 aromatic heterocycles. The summed E-state index contributed by atoms with van der Waals surface area (Å²) in [6.45, 7) is 1.17. The van der Waals surface area contributed by atoms with Crippen LogP contribution in [-0.2, 0) is 22.5 Å². The largest absolute Gasteiger partial charge is 0.493 e. The van der Waals surface area contributed by atoms with E-state index in [-0.39, 0.29) is 22.1 Å². The zero-order chi connectivity index (χ0) is 23.7. The van der Waals surface area contributed by atoms with Gasteiger partial charge in [-0.1, -0.05) is 53.5 Å². The molecular weight excluding hydrogens is 479 g/mol. The van der Waals surface area contributed by atoms with E-state index in [0.717, 1.165) is 11.1 Å². The summed E-state index contributed by atoms with van der Waals surface area (Å²) in [5.41, 5.74) is 1.76. The minimum absolute atomic E-state index is 0.247. The third-order valence-electron chi connectivity index (χ3n) is 6.06. The Morgan fingerprint density at radius 1 is 1.18 bits per heavy atom. The third-order valence-corrected chi connectivity index (χ3v) is 6.63. The highest BCUT2D eigenvalue weighted by Crippen LogP contribution is 2.47. The van der Waals surface area contributed by atoms with Crippen LogP contribution in [0, 0.1) is 0 Å². The fraction of sp³-hybridized carbons (Fsp3) is 0.280. The maximum Gasteiger partial charge on any atom is 0.256 e. The van der Waals surface area contributed by atoms with Gasteiger partial charge in [0.1, 0.15) is 6.10 Å². The van der Waals surface area contributed by atoms with Crippen molar-refractivity contribution in [3.8, 4) is 11.5 Å². The molecule has 0 saturated carbocycles. The summed E-state index contributed by atoms with van der Waals surface area (Å²) in [6.07, 6.45) is 2.96. The maximum atomic E-state index is 13.3. The average molecular weight is 501 g/mol. The topological polar surface area (TPSA) is 78.9 Å². The van der Waals surface area contributed by atoms with Crippen molar-refractivity contribution >= 4 is 34.8 Å². The molecule has 7 nitrogen and oxygen atoms in total. The van der Waals surface area contributed by atoms with Gasteiger partial charge >= 0.3 is 0 Å². The Morgan fingerprint density at radius 2 is 1.94 bits per heavy atom. The summed E-state index contributed by atoms with van der Waals surface area (Å²) < 4.78 is 24.0. The first-order valence-electron chi connectivity index (χ1n) is 10.7. The Labute approximate surface area is 206 Å². The molecule has 34 heavy (non-hydrogen) atoms. The number of halogens is 2. The summed E-state index contributed by atoms with van der Waals surface area (Å²) in [6, 6.07) is 13.3. The Kier molecular flexibility index (Phi) is 6.36. The molecule has 5 rings (SSSR count). The van der Waals surface area contributed by atoms with Crippen molar-refractivity contribution in [2.24, 2.45) is 0 Å². The van der Waals surface area contributed by atoms with Crippen LogP contribution in [-0.4, -0.2) is 42.9 Å². The maximum absolute atomic E-state index is 13.3. The summed E-state index contributed by atoms with van der Waals surface area (Å²) in [7, 11) is 1.56. The quantitative estimate of drug-likeness (QED) is 0.516. The molecule has 1 fully saturated rings. The van der Waals surface area contributed by atoms with Crippen LogP contribution < -0.4 is 14.8 Å². The molecule has 3 aromatic rings. The highest BCUT2D eigenvalue weighted by atomic mass is 35.5. The minimum atomic E-state index is -0.757. The highest BCUT2D eigenvalue weighted by Gasteiger charge is 2.53. The number of hydrogen-bond donors (Lipinski definition) is 1. The van der Waals surface area contributed by atoms with E-state index in [0.29, 0.717) is 49.0 Å². The first-order valence-corrected chi connectivity index (χ1v) is 11.5. The van der Waals surface area contributed by atoms with Crippen LogP contribution in [0.15, 0.2) is 54.9 Å². The Morgan fingerprint density at radius 3 is 2.68 bits per heavy atom. The van der Waals surface area contributed by atoms with E-state index in [1.54, 1.807) is 19.2 Å². The number of amides is 1. The van der Waals surface area contributed by atoms with Gasteiger partial charge in [0, 0.05) is 29.9 Å². The molecule has 0 aliphatic carbocycles. The lowest BCUT2D eigenvalue weighted by Crippen LogP contribution is -2.47. The second-order valence-electron chi connectivity index (χ2n) is 8.20. The number of nitrogens with one attached hydrogen (secondary N) is 1. The van der Waals surface area contributed by atoms with Gasteiger partial charge in [-0.2, -0.15) is 0 Å². The lowest BCUT2D eigenvalue weighted by atomic mass is 9.91. The van der Waals surface area contributed by atoms with E-state index in [1.165, 1.54) is 12.4 Å². The van der Waals surface area contributed by atoms with Crippen molar-refractivity contribution < 1.29 is 23.7 Å². The molecule has 2 aromatic carbocycles. The number of pyridine rings is 1. The van der Waals surface area contributed by atoms with E-state index in [4.69, 9.17) is 42.1 Å². The SMILES string of the molecule is COc1ccc(C(=O)Nc2c(Cl)cncc2Cl)c2c1OC1(COCC1OCc1ccccc1)C2. The number of benzene rings is 2. The van der Waals surface area contributed by atoms with Gasteiger partial charge in [0.25, 0.3) is 5.91 Å². The van der Waals surface area contributed by atoms with Crippen LogP contribution in [0.2, 0.25) is 10.0 Å². The van der Waals surface area contributed by atoms with Crippen molar-refractivity contribution in [3.05, 3.63) is 81.6 Å². The van der Waals surface area contributed by atoms with Gasteiger partial charge in [0.15, 0.2) is 17.1 Å². The number of nitrogens with zero attached hydrogens (tertiary/aromatic N) is 1. The molecular formula is C25H22Cl2N2O5. The second-order valence-corrected chi connectivity index (χ2v) is 9.01. The number of hydrogen-bond acceptors (Lipinski definition) is 6. The van der Waals surface area contributed by atoms with Gasteiger partial charge in [-0.05, 0) is 17.7 Å². The monoisotopic (exact) mass is 500 g/mol. The van der Waals surface area contributed by atoms with Crippen molar-refractivity contribution in [3.63, 3.8) is 0 Å². The van der Waals surface area contributed by atoms with Crippen molar-refractivity contribution in [2.75, 3.05) is 25.6 Å². The van der Waals surface area contributed by atoms with Crippen LogP contribution in [0.1, 0.15) is 21.5 Å². The molecule has 2 aliphatic heterocycles. The molecule has 2 atom stereocenters. The molecule has 1 spiro atoms. The third kappa shape index (κ3) is 4.20. The van der Waals surface area contributed by atoms with Gasteiger partial charge in [-0.15, -0.1) is 0 Å². The van der Waals surface area contributed by atoms with Gasteiger partial charge in [-0.25, -0.2) is 0 Å². The smallest absolute Gasteiger partial charge is 0.256 e. The van der Waals surface area contributed by atoms with E-state index in [2.05, 4.69) is 10.3 Å². The summed E-state index contributed by atoms with van der Waals surface area (Å²) in [5.74, 6) is 0.688. The van der Waals surface area contributed by atoms with Crippen LogP contribution >= 0.6 is 23.2 Å². The number of ether oxygens (including phenoxy) is 4. The number of carbonyl (C=O) groups is 1. The first-order chi connectivity index (χ1) is 16.5. The molecule has 176 valence electrons. The Hall–Kier alpha value is -2.84. The number of rotatable bonds is 6. The van der Waals surface area contributed by atoms with Crippen molar-refractivity contribution in [1.29, 1.82) is 0 Å². The van der Waals surface area contributed by atoms with Crippen LogP contribution in [0.4, 0.5) is 5.69 Å². The van der Waals surface area contributed by atoms with Crippen molar-refractivity contribution in [1.82, 2.24) is 4.98 Å². The molecule has 1 amide bonds. The van der Waals surface area contributed by atoms with Gasteiger partial charge in [0.2, 0.25) is 0 Å². The fourth-order valence-corrected chi connectivity index (χ4v) is 4.79. The molecule has 2 aliphatic rings. The van der Waals surface area contributed by atoms with Gasteiger partial charge in [0.05, 0.1) is 42.7 Å².